The lowest BCUT2D eigenvalue weighted by atomic mass is 9.82. The van der Waals surface area contributed by atoms with Crippen molar-refractivity contribution in [3.63, 3.8) is 0 Å². The first kappa shape index (κ1) is 17.8. The zero-order valence-electron chi connectivity index (χ0n) is 16.0. The topological polar surface area (TPSA) is 0 Å². The first-order valence-corrected chi connectivity index (χ1v) is 9.70. The summed E-state index contributed by atoms with van der Waals surface area (Å²) in [4.78, 5) is 0. The number of fused-ring (bicyclic) bond motifs is 1. The summed E-state index contributed by atoms with van der Waals surface area (Å²) in [5, 5.41) is 3.32. The lowest BCUT2D eigenvalue weighted by Crippen LogP contribution is -2.11. The Bertz CT molecular complexity index is 1080. The average molecular weight is 371 g/mol. The van der Waals surface area contributed by atoms with E-state index in [1.807, 2.05) is 12.1 Å². The Labute approximate surface area is 166 Å². The van der Waals surface area contributed by atoms with Crippen molar-refractivity contribution in [3.05, 3.63) is 95.5 Å². The summed E-state index contributed by atoms with van der Waals surface area (Å²) in [6, 6.07) is 30.1. The van der Waals surface area contributed by atoms with Gasteiger partial charge in [-0.25, -0.2) is 0 Å². The molecule has 0 heterocycles. The van der Waals surface area contributed by atoms with Gasteiger partial charge >= 0.3 is 0 Å². The molecule has 0 saturated heterocycles. The van der Waals surface area contributed by atoms with Crippen LogP contribution in [0.4, 0.5) is 0 Å². The Kier molecular flexibility index (Phi) is 4.53. The van der Waals surface area contributed by atoms with Gasteiger partial charge in [0.2, 0.25) is 0 Å². The molecule has 1 heteroatoms. The lowest BCUT2D eigenvalue weighted by molar-refractivity contribution is 0.591. The van der Waals surface area contributed by atoms with Crippen LogP contribution in [0.5, 0.6) is 0 Å². The molecule has 4 aromatic rings. The highest BCUT2D eigenvalue weighted by atomic mass is 35.5. The summed E-state index contributed by atoms with van der Waals surface area (Å²) in [5.74, 6) is 0. The predicted molar refractivity (Wildman–Crippen MR) is 119 cm³/mol. The van der Waals surface area contributed by atoms with E-state index in [1.165, 1.54) is 38.6 Å². The van der Waals surface area contributed by atoms with Gasteiger partial charge in [0, 0.05) is 5.02 Å². The minimum atomic E-state index is 0.0913. The van der Waals surface area contributed by atoms with Crippen LogP contribution < -0.4 is 0 Å². The van der Waals surface area contributed by atoms with E-state index in [2.05, 4.69) is 93.6 Å². The maximum atomic E-state index is 6.12. The second-order valence-corrected chi connectivity index (χ2v) is 8.49. The molecule has 0 unspecified atom stereocenters. The quantitative estimate of drug-likeness (QED) is 0.334. The van der Waals surface area contributed by atoms with Crippen LogP contribution in [0.15, 0.2) is 84.9 Å². The van der Waals surface area contributed by atoms with Crippen molar-refractivity contribution in [2.24, 2.45) is 0 Å². The third-order valence-electron chi connectivity index (χ3n) is 5.08. The summed E-state index contributed by atoms with van der Waals surface area (Å²) in [6.07, 6.45) is 0. The average Bonchev–Trinajstić information content (AvgIpc) is 2.67. The number of hydrogen-bond acceptors (Lipinski definition) is 0. The van der Waals surface area contributed by atoms with Crippen LogP contribution in [0.25, 0.3) is 33.0 Å². The molecule has 0 aliphatic carbocycles. The molecule has 4 aromatic carbocycles. The molecule has 0 aliphatic heterocycles. The van der Waals surface area contributed by atoms with E-state index in [1.54, 1.807) is 0 Å². The van der Waals surface area contributed by atoms with Crippen LogP contribution in [-0.4, -0.2) is 0 Å². The zero-order valence-corrected chi connectivity index (χ0v) is 16.7. The minimum absolute atomic E-state index is 0.0913. The molecule has 0 fully saturated rings. The van der Waals surface area contributed by atoms with Crippen LogP contribution >= 0.6 is 11.6 Å². The van der Waals surface area contributed by atoms with Gasteiger partial charge in [-0.05, 0) is 62.2 Å². The molecule has 0 aliphatic rings. The van der Waals surface area contributed by atoms with Gasteiger partial charge in [-0.2, -0.15) is 0 Å². The Morgan fingerprint density at radius 3 is 1.96 bits per heavy atom. The Morgan fingerprint density at radius 2 is 1.30 bits per heavy atom. The molecule has 0 nitrogen and oxygen atoms in total. The summed E-state index contributed by atoms with van der Waals surface area (Å²) in [6.45, 7) is 6.81. The van der Waals surface area contributed by atoms with E-state index in [4.69, 9.17) is 11.6 Å². The zero-order chi connectivity index (χ0) is 19.0. The van der Waals surface area contributed by atoms with E-state index in [-0.39, 0.29) is 5.41 Å². The molecule has 0 bridgehead atoms. The third kappa shape index (κ3) is 3.50. The highest BCUT2D eigenvalue weighted by Crippen LogP contribution is 2.39. The van der Waals surface area contributed by atoms with Gasteiger partial charge in [-0.1, -0.05) is 99.1 Å². The molecule has 27 heavy (non-hydrogen) atoms. The standard InChI is InChI=1S/C26H23Cl/c1-26(2,3)21-16-20-10-7-11-23(19-12-14-22(27)15-13-19)25(20)24(17-21)18-8-5-4-6-9-18/h4-17H,1-3H3. The molecular formula is C26H23Cl. The number of halogens is 1. The number of rotatable bonds is 2. The second-order valence-electron chi connectivity index (χ2n) is 8.05. The SMILES string of the molecule is CC(C)(C)c1cc(-c2ccccc2)c2c(-c3ccc(Cl)cc3)cccc2c1. The molecule has 134 valence electrons. The smallest absolute Gasteiger partial charge is 0.0406 e. The van der Waals surface area contributed by atoms with E-state index < -0.39 is 0 Å². The second kappa shape index (κ2) is 6.87. The van der Waals surface area contributed by atoms with Crippen molar-refractivity contribution in [1.29, 1.82) is 0 Å². The predicted octanol–water partition coefficient (Wildman–Crippen LogP) is 8.12. The molecule has 0 radical (unpaired) electrons. The van der Waals surface area contributed by atoms with E-state index >= 15 is 0 Å². The summed E-state index contributed by atoms with van der Waals surface area (Å²) in [5.41, 5.74) is 6.39. The lowest BCUT2D eigenvalue weighted by Gasteiger charge is -2.23. The fraction of sp³-hybridized carbons (Fsp3) is 0.154. The van der Waals surface area contributed by atoms with Crippen LogP contribution in [0.2, 0.25) is 5.02 Å². The molecule has 0 saturated carbocycles. The number of benzene rings is 4. The molecule has 0 spiro atoms. The highest BCUT2D eigenvalue weighted by Gasteiger charge is 2.18. The Morgan fingerprint density at radius 1 is 0.630 bits per heavy atom. The fourth-order valence-electron chi connectivity index (χ4n) is 3.58. The van der Waals surface area contributed by atoms with Gasteiger partial charge in [-0.3, -0.25) is 0 Å². The first-order valence-electron chi connectivity index (χ1n) is 9.32. The maximum Gasteiger partial charge on any atom is 0.0406 e. The number of hydrogen-bond donors (Lipinski definition) is 0. The molecule has 0 amide bonds. The highest BCUT2D eigenvalue weighted by molar-refractivity contribution is 6.30. The van der Waals surface area contributed by atoms with E-state index in [0.717, 1.165) is 5.02 Å². The monoisotopic (exact) mass is 370 g/mol. The van der Waals surface area contributed by atoms with E-state index in [9.17, 15) is 0 Å². The molecular weight excluding hydrogens is 348 g/mol. The summed E-state index contributed by atoms with van der Waals surface area (Å²) in [7, 11) is 0. The fourth-order valence-corrected chi connectivity index (χ4v) is 3.70. The maximum absolute atomic E-state index is 6.12. The van der Waals surface area contributed by atoms with Gasteiger partial charge in [0.25, 0.3) is 0 Å². The summed E-state index contributed by atoms with van der Waals surface area (Å²) >= 11 is 6.12. The van der Waals surface area contributed by atoms with Crippen molar-refractivity contribution in [1.82, 2.24) is 0 Å². The van der Waals surface area contributed by atoms with Gasteiger partial charge in [0.1, 0.15) is 0 Å². The van der Waals surface area contributed by atoms with Crippen LogP contribution in [-0.2, 0) is 5.41 Å². The Hall–Kier alpha value is -2.57. The molecule has 4 rings (SSSR count). The van der Waals surface area contributed by atoms with Crippen molar-refractivity contribution >= 4 is 22.4 Å². The van der Waals surface area contributed by atoms with Crippen LogP contribution in [0, 0.1) is 0 Å². The van der Waals surface area contributed by atoms with Crippen molar-refractivity contribution in [3.8, 4) is 22.3 Å². The van der Waals surface area contributed by atoms with Crippen LogP contribution in [0.1, 0.15) is 26.3 Å². The minimum Gasteiger partial charge on any atom is -0.0843 e. The van der Waals surface area contributed by atoms with Crippen LogP contribution in [0.3, 0.4) is 0 Å². The molecule has 0 atom stereocenters. The van der Waals surface area contributed by atoms with Gasteiger partial charge in [-0.15, -0.1) is 0 Å². The van der Waals surface area contributed by atoms with Crippen molar-refractivity contribution < 1.29 is 0 Å². The van der Waals surface area contributed by atoms with Crippen molar-refractivity contribution in [2.75, 3.05) is 0 Å². The largest absolute Gasteiger partial charge is 0.0843 e. The van der Waals surface area contributed by atoms with E-state index in [0.29, 0.717) is 0 Å². The van der Waals surface area contributed by atoms with Gasteiger partial charge < -0.3 is 0 Å². The normalized spacial score (nSPS) is 11.7. The summed E-state index contributed by atoms with van der Waals surface area (Å²) < 4.78 is 0. The van der Waals surface area contributed by atoms with Crippen molar-refractivity contribution in [2.45, 2.75) is 26.2 Å². The van der Waals surface area contributed by atoms with Gasteiger partial charge in [0.15, 0.2) is 0 Å². The Balaban J connectivity index is 2.08. The van der Waals surface area contributed by atoms with Gasteiger partial charge in [0.05, 0.1) is 0 Å². The molecule has 0 aromatic heterocycles. The molecule has 0 N–H and O–H groups in total. The third-order valence-corrected chi connectivity index (χ3v) is 5.33. The first-order chi connectivity index (χ1) is 12.9.